The SMILES string of the molecule is CNc1nc(C(=O)N(C)C)nc2c(C(C)C)cnn12. The summed E-state index contributed by atoms with van der Waals surface area (Å²) in [5.74, 6) is 0.723. The molecule has 0 fully saturated rings. The highest BCUT2D eigenvalue weighted by atomic mass is 16.2. The quantitative estimate of drug-likeness (QED) is 0.892. The summed E-state index contributed by atoms with van der Waals surface area (Å²) in [7, 11) is 5.09. The molecule has 1 amide bonds. The van der Waals surface area contributed by atoms with Crippen LogP contribution in [0.5, 0.6) is 0 Å². The first-order chi connectivity index (χ1) is 8.95. The molecule has 2 heterocycles. The highest BCUT2D eigenvalue weighted by molar-refractivity contribution is 5.91. The van der Waals surface area contributed by atoms with E-state index in [2.05, 4.69) is 34.2 Å². The summed E-state index contributed by atoms with van der Waals surface area (Å²) in [6.07, 6.45) is 1.76. The molecule has 0 aromatic carbocycles. The minimum absolute atomic E-state index is 0.171. The molecule has 2 rings (SSSR count). The first-order valence-electron chi connectivity index (χ1n) is 6.10. The zero-order valence-corrected chi connectivity index (χ0v) is 11.8. The molecule has 2 aromatic heterocycles. The molecule has 0 aliphatic carbocycles. The maximum Gasteiger partial charge on any atom is 0.291 e. The van der Waals surface area contributed by atoms with Crippen molar-refractivity contribution in [3.05, 3.63) is 17.6 Å². The average Bonchev–Trinajstić information content (AvgIpc) is 2.80. The van der Waals surface area contributed by atoms with Gasteiger partial charge in [0.2, 0.25) is 11.8 Å². The van der Waals surface area contributed by atoms with E-state index in [1.54, 1.807) is 31.9 Å². The van der Waals surface area contributed by atoms with Gasteiger partial charge in [-0.3, -0.25) is 4.79 Å². The molecule has 7 heteroatoms. The molecule has 0 radical (unpaired) electrons. The Kier molecular flexibility index (Phi) is 3.37. The van der Waals surface area contributed by atoms with Gasteiger partial charge in [-0.2, -0.15) is 14.6 Å². The summed E-state index contributed by atoms with van der Waals surface area (Å²) in [4.78, 5) is 22.0. The van der Waals surface area contributed by atoms with E-state index in [0.717, 1.165) is 5.56 Å². The van der Waals surface area contributed by atoms with E-state index >= 15 is 0 Å². The highest BCUT2D eigenvalue weighted by Crippen LogP contribution is 2.20. The number of carbonyl (C=O) groups is 1. The maximum atomic E-state index is 12.0. The van der Waals surface area contributed by atoms with Gasteiger partial charge in [0.25, 0.3) is 5.91 Å². The lowest BCUT2D eigenvalue weighted by Gasteiger charge is -2.11. The largest absolute Gasteiger partial charge is 0.357 e. The number of hydrogen-bond donors (Lipinski definition) is 1. The van der Waals surface area contributed by atoms with Gasteiger partial charge in [0, 0.05) is 26.7 Å². The van der Waals surface area contributed by atoms with Gasteiger partial charge >= 0.3 is 0 Å². The van der Waals surface area contributed by atoms with Crippen LogP contribution in [0.1, 0.15) is 35.9 Å². The van der Waals surface area contributed by atoms with E-state index in [1.807, 2.05) is 0 Å². The van der Waals surface area contributed by atoms with E-state index in [4.69, 9.17) is 0 Å². The molecular formula is C12H18N6O. The summed E-state index contributed by atoms with van der Waals surface area (Å²) in [6.45, 7) is 4.12. The summed E-state index contributed by atoms with van der Waals surface area (Å²) >= 11 is 0. The van der Waals surface area contributed by atoms with Crippen LogP contribution in [0.25, 0.3) is 5.65 Å². The number of anilines is 1. The highest BCUT2D eigenvalue weighted by Gasteiger charge is 2.18. The van der Waals surface area contributed by atoms with Gasteiger partial charge in [-0.25, -0.2) is 4.98 Å². The minimum atomic E-state index is -0.227. The molecule has 2 aromatic rings. The summed E-state index contributed by atoms with van der Waals surface area (Å²) < 4.78 is 1.61. The zero-order chi connectivity index (χ0) is 14.2. The number of nitrogens with zero attached hydrogens (tertiary/aromatic N) is 5. The number of fused-ring (bicyclic) bond motifs is 1. The Morgan fingerprint density at radius 1 is 1.37 bits per heavy atom. The van der Waals surface area contributed by atoms with Gasteiger partial charge in [-0.1, -0.05) is 13.8 Å². The fourth-order valence-electron chi connectivity index (χ4n) is 1.76. The smallest absolute Gasteiger partial charge is 0.291 e. The summed E-state index contributed by atoms with van der Waals surface area (Å²) in [5.41, 5.74) is 1.66. The molecular weight excluding hydrogens is 244 g/mol. The standard InChI is InChI=1S/C12H18N6O/c1-7(2)8-6-14-18-10(8)15-9(11(19)17(4)5)16-12(18)13-3/h6-7H,1-5H3,(H,13,15,16). The molecule has 0 saturated heterocycles. The van der Waals surface area contributed by atoms with Gasteiger partial charge in [-0.05, 0) is 5.92 Å². The van der Waals surface area contributed by atoms with E-state index in [0.29, 0.717) is 11.6 Å². The Balaban J connectivity index is 2.69. The topological polar surface area (TPSA) is 75.4 Å². The van der Waals surface area contributed by atoms with Gasteiger partial charge in [-0.15, -0.1) is 0 Å². The molecule has 19 heavy (non-hydrogen) atoms. The number of carbonyl (C=O) groups excluding carboxylic acids is 1. The van der Waals surface area contributed by atoms with Crippen molar-refractivity contribution in [1.29, 1.82) is 0 Å². The van der Waals surface area contributed by atoms with Crippen molar-refractivity contribution in [2.75, 3.05) is 26.5 Å². The molecule has 1 N–H and O–H groups in total. The van der Waals surface area contributed by atoms with Crippen LogP contribution in [0, 0.1) is 0 Å². The summed E-state index contributed by atoms with van der Waals surface area (Å²) in [6, 6.07) is 0. The molecule has 0 aliphatic rings. The van der Waals surface area contributed by atoms with Crippen molar-refractivity contribution in [2.24, 2.45) is 0 Å². The Labute approximate surface area is 111 Å². The summed E-state index contributed by atoms with van der Waals surface area (Å²) in [5, 5.41) is 7.20. The van der Waals surface area contributed by atoms with Crippen molar-refractivity contribution >= 4 is 17.5 Å². The Hall–Kier alpha value is -2.18. The lowest BCUT2D eigenvalue weighted by atomic mass is 10.1. The van der Waals surface area contributed by atoms with Crippen molar-refractivity contribution < 1.29 is 4.79 Å². The van der Waals surface area contributed by atoms with Gasteiger partial charge in [0.1, 0.15) is 0 Å². The molecule has 0 unspecified atom stereocenters. The van der Waals surface area contributed by atoms with E-state index in [9.17, 15) is 4.79 Å². The Morgan fingerprint density at radius 2 is 2.05 bits per heavy atom. The van der Waals surface area contributed by atoms with Crippen LogP contribution in [0.4, 0.5) is 5.95 Å². The number of nitrogens with one attached hydrogen (secondary N) is 1. The number of hydrogen-bond acceptors (Lipinski definition) is 5. The lowest BCUT2D eigenvalue weighted by molar-refractivity contribution is 0.0816. The van der Waals surface area contributed by atoms with Crippen LogP contribution < -0.4 is 5.32 Å². The van der Waals surface area contributed by atoms with E-state index in [-0.39, 0.29) is 17.6 Å². The fraction of sp³-hybridized carbons (Fsp3) is 0.500. The van der Waals surface area contributed by atoms with Crippen LogP contribution in [0.15, 0.2) is 6.20 Å². The number of amides is 1. The number of rotatable bonds is 3. The second-order valence-electron chi connectivity index (χ2n) is 4.81. The zero-order valence-electron chi connectivity index (χ0n) is 11.8. The van der Waals surface area contributed by atoms with E-state index in [1.165, 1.54) is 4.90 Å². The first-order valence-corrected chi connectivity index (χ1v) is 6.10. The van der Waals surface area contributed by atoms with Gasteiger partial charge < -0.3 is 10.2 Å². The van der Waals surface area contributed by atoms with Crippen molar-refractivity contribution in [3.63, 3.8) is 0 Å². The molecule has 0 bridgehead atoms. The van der Waals surface area contributed by atoms with Crippen LogP contribution in [-0.2, 0) is 0 Å². The minimum Gasteiger partial charge on any atom is -0.357 e. The van der Waals surface area contributed by atoms with Crippen molar-refractivity contribution in [3.8, 4) is 0 Å². The van der Waals surface area contributed by atoms with E-state index < -0.39 is 0 Å². The third-order valence-corrected chi connectivity index (χ3v) is 2.84. The van der Waals surface area contributed by atoms with Gasteiger partial charge in [0.05, 0.1) is 6.20 Å². The molecule has 0 spiro atoms. The molecule has 7 nitrogen and oxygen atoms in total. The second kappa shape index (κ2) is 4.83. The van der Waals surface area contributed by atoms with Crippen LogP contribution in [0.3, 0.4) is 0 Å². The van der Waals surface area contributed by atoms with Crippen molar-refractivity contribution in [1.82, 2.24) is 24.5 Å². The van der Waals surface area contributed by atoms with Crippen molar-refractivity contribution in [2.45, 2.75) is 19.8 Å². The predicted octanol–water partition coefficient (Wildman–Crippen LogP) is 0.991. The normalized spacial score (nSPS) is 11.1. The van der Waals surface area contributed by atoms with Crippen LogP contribution in [-0.4, -0.2) is 51.5 Å². The monoisotopic (exact) mass is 262 g/mol. The lowest BCUT2D eigenvalue weighted by Crippen LogP contribution is -2.25. The molecule has 102 valence electrons. The van der Waals surface area contributed by atoms with Crippen LogP contribution in [0.2, 0.25) is 0 Å². The molecule has 0 aliphatic heterocycles. The first kappa shape index (κ1) is 13.3. The Morgan fingerprint density at radius 3 is 2.58 bits per heavy atom. The second-order valence-corrected chi connectivity index (χ2v) is 4.81. The molecule has 0 atom stereocenters. The maximum absolute atomic E-state index is 12.0. The molecule has 0 saturated carbocycles. The third kappa shape index (κ3) is 2.23. The number of aromatic nitrogens is 4. The Bertz CT molecular complexity index is 616. The fourth-order valence-corrected chi connectivity index (χ4v) is 1.76. The van der Waals surface area contributed by atoms with Gasteiger partial charge in [0.15, 0.2) is 5.65 Å². The van der Waals surface area contributed by atoms with Crippen LogP contribution >= 0.6 is 0 Å². The average molecular weight is 262 g/mol. The third-order valence-electron chi connectivity index (χ3n) is 2.84. The predicted molar refractivity (Wildman–Crippen MR) is 72.4 cm³/mol.